The summed E-state index contributed by atoms with van der Waals surface area (Å²) in [6.45, 7) is 6.99. The molecule has 1 unspecified atom stereocenters. The van der Waals surface area contributed by atoms with E-state index in [2.05, 4.69) is 34.2 Å². The van der Waals surface area contributed by atoms with Crippen molar-refractivity contribution in [1.29, 1.82) is 0 Å². The topological polar surface area (TPSA) is 61.6 Å². The van der Waals surface area contributed by atoms with E-state index < -0.39 is 0 Å². The minimum atomic E-state index is -0.183. The highest BCUT2D eigenvalue weighted by molar-refractivity contribution is 7.13. The second kappa shape index (κ2) is 7.25. The van der Waals surface area contributed by atoms with Gasteiger partial charge in [0, 0.05) is 44.8 Å². The smallest absolute Gasteiger partial charge is 0.273 e. The molecule has 7 heteroatoms. The lowest BCUT2D eigenvalue weighted by molar-refractivity contribution is 0.0895. The summed E-state index contributed by atoms with van der Waals surface area (Å²) in [6, 6.07) is 5.90. The maximum atomic E-state index is 12.2. The van der Waals surface area contributed by atoms with Crippen LogP contribution >= 0.6 is 11.3 Å². The van der Waals surface area contributed by atoms with Crippen LogP contribution in [0, 0.1) is 0 Å². The van der Waals surface area contributed by atoms with E-state index in [1.165, 1.54) is 0 Å². The minimum Gasteiger partial charge on any atom is -0.355 e. The lowest BCUT2D eigenvalue weighted by atomic mass is 10.2. The van der Waals surface area contributed by atoms with E-state index in [9.17, 15) is 4.79 Å². The Morgan fingerprint density at radius 2 is 2.22 bits per heavy atom. The zero-order chi connectivity index (χ0) is 16.2. The van der Waals surface area contributed by atoms with Gasteiger partial charge in [-0.25, -0.2) is 0 Å². The van der Waals surface area contributed by atoms with Gasteiger partial charge in [-0.1, -0.05) is 11.2 Å². The van der Waals surface area contributed by atoms with Crippen molar-refractivity contribution in [2.45, 2.75) is 13.0 Å². The average Bonchev–Trinajstić information content (AvgIpc) is 3.23. The second-order valence-corrected chi connectivity index (χ2v) is 6.90. The molecule has 0 saturated carbocycles. The van der Waals surface area contributed by atoms with Gasteiger partial charge < -0.3 is 14.7 Å². The van der Waals surface area contributed by atoms with E-state index in [4.69, 9.17) is 4.52 Å². The number of carbonyl (C=O) groups excluding carboxylic acids is 1. The Labute approximate surface area is 140 Å². The number of thiophene rings is 1. The van der Waals surface area contributed by atoms with E-state index in [0.717, 1.165) is 31.1 Å². The molecule has 0 radical (unpaired) electrons. The van der Waals surface area contributed by atoms with Gasteiger partial charge in [0.25, 0.3) is 5.91 Å². The number of likely N-dealkylation sites (N-methyl/N-ethyl adjacent to an activating group) is 1. The number of hydrogen-bond donors (Lipinski definition) is 1. The zero-order valence-electron chi connectivity index (χ0n) is 13.5. The van der Waals surface area contributed by atoms with Crippen LogP contribution in [0.25, 0.3) is 10.6 Å². The SMILES string of the molecule is CC(CNC(=O)c1cc(-c2cccs2)on1)N1CCN(C)CC1. The first-order valence-electron chi connectivity index (χ1n) is 7.85. The molecule has 6 nitrogen and oxygen atoms in total. The fourth-order valence-electron chi connectivity index (χ4n) is 2.64. The Kier molecular flexibility index (Phi) is 5.09. The number of carbonyl (C=O) groups is 1. The molecule has 0 bridgehead atoms. The zero-order valence-corrected chi connectivity index (χ0v) is 14.3. The molecule has 0 aromatic carbocycles. The molecule has 2 aromatic heterocycles. The van der Waals surface area contributed by atoms with E-state index in [1.807, 2.05) is 17.5 Å². The fraction of sp³-hybridized carbons (Fsp3) is 0.500. The Morgan fingerprint density at radius 1 is 1.43 bits per heavy atom. The number of aromatic nitrogens is 1. The molecular formula is C16H22N4O2S. The molecule has 1 aliphatic rings. The molecule has 23 heavy (non-hydrogen) atoms. The molecule has 1 N–H and O–H groups in total. The Morgan fingerprint density at radius 3 is 2.91 bits per heavy atom. The lowest BCUT2D eigenvalue weighted by Gasteiger charge is -2.36. The highest BCUT2D eigenvalue weighted by Gasteiger charge is 2.20. The molecule has 2 aromatic rings. The van der Waals surface area contributed by atoms with Gasteiger partial charge in [0.15, 0.2) is 11.5 Å². The summed E-state index contributed by atoms with van der Waals surface area (Å²) in [5, 5.41) is 8.79. The van der Waals surface area contributed by atoms with Crippen LogP contribution < -0.4 is 5.32 Å². The van der Waals surface area contributed by atoms with Crippen molar-refractivity contribution in [2.24, 2.45) is 0 Å². The number of piperazine rings is 1. The Bertz CT molecular complexity index is 632. The number of rotatable bonds is 5. The van der Waals surface area contributed by atoms with Crippen molar-refractivity contribution in [3.05, 3.63) is 29.3 Å². The number of hydrogen-bond acceptors (Lipinski definition) is 6. The molecule has 1 saturated heterocycles. The lowest BCUT2D eigenvalue weighted by Crippen LogP contribution is -2.51. The third-order valence-electron chi connectivity index (χ3n) is 4.23. The maximum absolute atomic E-state index is 12.2. The molecule has 0 aliphatic carbocycles. The molecular weight excluding hydrogens is 312 g/mol. The van der Waals surface area contributed by atoms with Crippen LogP contribution in [0.2, 0.25) is 0 Å². The van der Waals surface area contributed by atoms with Crippen molar-refractivity contribution in [3.8, 4) is 10.6 Å². The summed E-state index contributed by atoms with van der Waals surface area (Å²) in [4.78, 5) is 17.9. The molecule has 124 valence electrons. The monoisotopic (exact) mass is 334 g/mol. The van der Waals surface area contributed by atoms with Gasteiger partial charge in [-0.05, 0) is 25.4 Å². The Hall–Kier alpha value is -1.70. The van der Waals surface area contributed by atoms with Crippen molar-refractivity contribution in [2.75, 3.05) is 39.8 Å². The normalized spacial score (nSPS) is 18.0. The average molecular weight is 334 g/mol. The van der Waals surface area contributed by atoms with E-state index >= 15 is 0 Å². The predicted molar refractivity (Wildman–Crippen MR) is 90.7 cm³/mol. The first kappa shape index (κ1) is 16.2. The molecule has 0 spiro atoms. The maximum Gasteiger partial charge on any atom is 0.273 e. The second-order valence-electron chi connectivity index (χ2n) is 5.95. The van der Waals surface area contributed by atoms with Crippen molar-refractivity contribution < 1.29 is 9.32 Å². The van der Waals surface area contributed by atoms with Gasteiger partial charge in [0.05, 0.1) is 4.88 Å². The standard InChI is InChI=1S/C16H22N4O2S/c1-12(20-7-5-19(2)6-8-20)11-17-16(21)13-10-14(22-18-13)15-4-3-9-23-15/h3-4,9-10,12H,5-8,11H2,1-2H3,(H,17,21). The van der Waals surface area contributed by atoms with Gasteiger partial charge in [-0.2, -0.15) is 0 Å². The van der Waals surface area contributed by atoms with Crippen LogP contribution in [0.15, 0.2) is 28.1 Å². The van der Waals surface area contributed by atoms with Crippen LogP contribution in [-0.2, 0) is 0 Å². The summed E-state index contributed by atoms with van der Waals surface area (Å²) in [5.41, 5.74) is 0.332. The van der Waals surface area contributed by atoms with Gasteiger partial charge in [-0.15, -0.1) is 11.3 Å². The number of nitrogens with zero attached hydrogens (tertiary/aromatic N) is 3. The molecule has 1 fully saturated rings. The molecule has 3 rings (SSSR count). The van der Waals surface area contributed by atoms with E-state index in [-0.39, 0.29) is 5.91 Å². The van der Waals surface area contributed by atoms with Crippen LogP contribution in [0.4, 0.5) is 0 Å². The number of amides is 1. The summed E-state index contributed by atoms with van der Waals surface area (Å²) < 4.78 is 5.25. The first-order valence-corrected chi connectivity index (χ1v) is 8.73. The molecule has 1 atom stereocenters. The number of nitrogens with one attached hydrogen (secondary N) is 1. The largest absolute Gasteiger partial charge is 0.355 e. The first-order chi connectivity index (χ1) is 11.1. The molecule has 1 aliphatic heterocycles. The molecule has 1 amide bonds. The van der Waals surface area contributed by atoms with E-state index in [1.54, 1.807) is 17.4 Å². The van der Waals surface area contributed by atoms with Gasteiger partial charge in [0.2, 0.25) is 0 Å². The van der Waals surface area contributed by atoms with Gasteiger partial charge in [-0.3, -0.25) is 9.69 Å². The highest BCUT2D eigenvalue weighted by atomic mass is 32.1. The minimum absolute atomic E-state index is 0.183. The predicted octanol–water partition coefficient (Wildman–Crippen LogP) is 1.77. The summed E-state index contributed by atoms with van der Waals surface area (Å²) >= 11 is 1.56. The van der Waals surface area contributed by atoms with Crippen molar-refractivity contribution >= 4 is 17.2 Å². The summed E-state index contributed by atoms with van der Waals surface area (Å²) in [6.07, 6.45) is 0. The molecule has 3 heterocycles. The van der Waals surface area contributed by atoms with Crippen LogP contribution in [0.3, 0.4) is 0 Å². The summed E-state index contributed by atoms with van der Waals surface area (Å²) in [7, 11) is 2.14. The van der Waals surface area contributed by atoms with Crippen LogP contribution in [0.1, 0.15) is 17.4 Å². The van der Waals surface area contributed by atoms with Gasteiger partial charge >= 0.3 is 0 Å². The third-order valence-corrected chi connectivity index (χ3v) is 5.11. The van der Waals surface area contributed by atoms with Crippen molar-refractivity contribution in [1.82, 2.24) is 20.3 Å². The fourth-order valence-corrected chi connectivity index (χ4v) is 3.31. The van der Waals surface area contributed by atoms with E-state index in [0.29, 0.717) is 24.0 Å². The summed E-state index contributed by atoms with van der Waals surface area (Å²) in [5.74, 6) is 0.454. The quantitative estimate of drug-likeness (QED) is 0.903. The van der Waals surface area contributed by atoms with Gasteiger partial charge in [0.1, 0.15) is 0 Å². The van der Waals surface area contributed by atoms with Crippen LogP contribution in [-0.4, -0.2) is 66.7 Å². The highest BCUT2D eigenvalue weighted by Crippen LogP contribution is 2.25. The third kappa shape index (κ3) is 3.99. The van der Waals surface area contributed by atoms with Crippen molar-refractivity contribution in [3.63, 3.8) is 0 Å². The Balaban J connectivity index is 1.51. The van der Waals surface area contributed by atoms with Crippen LogP contribution in [0.5, 0.6) is 0 Å².